The first-order valence-corrected chi connectivity index (χ1v) is 11.7. The number of nitrogens with zero attached hydrogens (tertiary/aromatic N) is 5. The van der Waals surface area contributed by atoms with Crippen molar-refractivity contribution in [2.24, 2.45) is 18.7 Å². The van der Waals surface area contributed by atoms with E-state index in [1.807, 2.05) is 37.5 Å². The van der Waals surface area contributed by atoms with Crippen molar-refractivity contribution in [2.45, 2.75) is 31.7 Å². The van der Waals surface area contributed by atoms with Gasteiger partial charge in [-0.05, 0) is 55.5 Å². The summed E-state index contributed by atoms with van der Waals surface area (Å²) < 4.78 is 18.0. The van der Waals surface area contributed by atoms with Crippen molar-refractivity contribution < 1.29 is 4.39 Å². The molecule has 0 amide bonds. The highest BCUT2D eigenvalue weighted by Crippen LogP contribution is 2.37. The van der Waals surface area contributed by atoms with E-state index in [0.717, 1.165) is 42.3 Å². The average Bonchev–Trinajstić information content (AvgIpc) is 3.35. The molecule has 34 heavy (non-hydrogen) atoms. The van der Waals surface area contributed by atoms with Crippen LogP contribution >= 0.6 is 11.6 Å². The van der Waals surface area contributed by atoms with Crippen LogP contribution in [0.5, 0.6) is 0 Å². The Kier molecular flexibility index (Phi) is 5.98. The van der Waals surface area contributed by atoms with Gasteiger partial charge in [0.05, 0.1) is 22.5 Å². The first-order valence-electron chi connectivity index (χ1n) is 11.3. The van der Waals surface area contributed by atoms with Crippen molar-refractivity contribution >= 4 is 28.3 Å². The molecule has 7 nitrogen and oxygen atoms in total. The lowest BCUT2D eigenvalue weighted by Gasteiger charge is -2.26. The Labute approximate surface area is 201 Å². The fourth-order valence-corrected chi connectivity index (χ4v) is 5.02. The molecule has 0 bridgehead atoms. The van der Waals surface area contributed by atoms with E-state index < -0.39 is 5.82 Å². The monoisotopic (exact) mass is 477 g/mol. The normalized spacial score (nSPS) is 18.2. The van der Waals surface area contributed by atoms with Crippen molar-refractivity contribution in [1.29, 1.82) is 5.26 Å². The van der Waals surface area contributed by atoms with Gasteiger partial charge in [0.2, 0.25) is 0 Å². The van der Waals surface area contributed by atoms with Crippen LogP contribution in [0.25, 0.3) is 27.8 Å². The summed E-state index contributed by atoms with van der Waals surface area (Å²) >= 11 is 6.83. The summed E-state index contributed by atoms with van der Waals surface area (Å²) in [6.45, 7) is 0.716. The molecule has 1 aliphatic rings. The first kappa shape index (κ1) is 22.4. The van der Waals surface area contributed by atoms with E-state index >= 15 is 0 Å². The van der Waals surface area contributed by atoms with Gasteiger partial charge in [0.25, 0.3) is 0 Å². The van der Waals surface area contributed by atoms with E-state index in [0.29, 0.717) is 34.6 Å². The van der Waals surface area contributed by atoms with Crippen LogP contribution in [-0.2, 0) is 7.05 Å². The van der Waals surface area contributed by atoms with E-state index in [-0.39, 0.29) is 11.6 Å². The Morgan fingerprint density at radius 2 is 2.09 bits per heavy atom. The van der Waals surface area contributed by atoms with Crippen LogP contribution in [0, 0.1) is 23.1 Å². The molecule has 3 N–H and O–H groups in total. The van der Waals surface area contributed by atoms with Crippen LogP contribution in [0.4, 0.5) is 10.2 Å². The van der Waals surface area contributed by atoms with Crippen molar-refractivity contribution in [3.63, 3.8) is 0 Å². The number of aromatic nitrogens is 4. The predicted octanol–water partition coefficient (Wildman–Crippen LogP) is 5.02. The largest absolute Gasteiger partial charge is 0.367 e. The second-order valence-corrected chi connectivity index (χ2v) is 9.33. The van der Waals surface area contributed by atoms with Crippen molar-refractivity contribution in [1.82, 2.24) is 19.6 Å². The highest BCUT2D eigenvalue weighted by atomic mass is 35.5. The van der Waals surface area contributed by atoms with Gasteiger partial charge >= 0.3 is 0 Å². The number of aryl methyl sites for hydroxylation is 1. The lowest BCUT2D eigenvalue weighted by molar-refractivity contribution is 0.335. The summed E-state index contributed by atoms with van der Waals surface area (Å²) in [6, 6.07) is 12.4. The van der Waals surface area contributed by atoms with Crippen LogP contribution < -0.4 is 11.1 Å². The van der Waals surface area contributed by atoms with Crippen LogP contribution in [0.2, 0.25) is 5.02 Å². The summed E-state index contributed by atoms with van der Waals surface area (Å²) in [6.07, 6.45) is 6.20. The lowest BCUT2D eigenvalue weighted by Crippen LogP contribution is -2.31. The summed E-state index contributed by atoms with van der Waals surface area (Å²) in [4.78, 5) is 0. The molecule has 1 saturated carbocycles. The summed E-state index contributed by atoms with van der Waals surface area (Å²) in [5.41, 5.74) is 8.86. The molecule has 0 radical (unpaired) electrons. The minimum Gasteiger partial charge on any atom is -0.367 e. The molecule has 4 aromatic rings. The molecular weight excluding hydrogens is 453 g/mol. The fourth-order valence-electron chi connectivity index (χ4n) is 4.73. The van der Waals surface area contributed by atoms with Gasteiger partial charge in [0.15, 0.2) is 5.82 Å². The molecule has 0 saturated heterocycles. The van der Waals surface area contributed by atoms with Crippen molar-refractivity contribution in [3.8, 4) is 23.0 Å². The van der Waals surface area contributed by atoms with Crippen LogP contribution in [-0.4, -0.2) is 32.1 Å². The molecule has 1 fully saturated rings. The van der Waals surface area contributed by atoms with Gasteiger partial charge < -0.3 is 11.1 Å². The topological polar surface area (TPSA) is 97.5 Å². The number of nitrogens with one attached hydrogen (secondary N) is 1. The maximum absolute atomic E-state index is 14.5. The second kappa shape index (κ2) is 9.09. The molecule has 2 atom stereocenters. The van der Waals surface area contributed by atoms with Crippen molar-refractivity contribution in [3.05, 3.63) is 59.0 Å². The average molecular weight is 478 g/mol. The van der Waals surface area contributed by atoms with Gasteiger partial charge in [-0.1, -0.05) is 24.1 Å². The second-order valence-electron chi connectivity index (χ2n) is 8.95. The number of halogens is 2. The van der Waals surface area contributed by atoms with Gasteiger partial charge in [0, 0.05) is 36.8 Å². The van der Waals surface area contributed by atoms with Crippen LogP contribution in [0.1, 0.15) is 31.2 Å². The number of rotatable bonds is 5. The Morgan fingerprint density at radius 1 is 1.24 bits per heavy atom. The summed E-state index contributed by atoms with van der Waals surface area (Å²) in [5, 5.41) is 23.1. The molecule has 174 valence electrons. The standard InChI is InChI=1S/C25H25ClFN7/c1-33-14-18-10-20(7-8-22(18)31-33)34-24(16-5-6-17(12-28)21(27)11-16)23(26)25(32-34)30-13-15-3-2-4-19(29)9-15/h5-8,10-11,14-15,19H,2-4,9,13,29H2,1H3,(H,30,32)/t15-,19-/m0/s1. The van der Waals surface area contributed by atoms with E-state index in [1.54, 1.807) is 15.4 Å². The number of nitrogens with two attached hydrogens (primary N) is 1. The zero-order chi connectivity index (χ0) is 23.8. The zero-order valence-electron chi connectivity index (χ0n) is 18.8. The van der Waals surface area contributed by atoms with Gasteiger partial charge in [-0.3, -0.25) is 4.68 Å². The van der Waals surface area contributed by atoms with Crippen molar-refractivity contribution in [2.75, 3.05) is 11.9 Å². The molecule has 5 rings (SSSR count). The number of anilines is 1. The molecule has 0 aliphatic heterocycles. The minimum absolute atomic E-state index is 0.0188. The van der Waals surface area contributed by atoms with E-state index in [4.69, 9.17) is 27.7 Å². The maximum atomic E-state index is 14.5. The zero-order valence-corrected chi connectivity index (χ0v) is 19.6. The first-order chi connectivity index (χ1) is 16.4. The Morgan fingerprint density at radius 3 is 2.85 bits per heavy atom. The highest BCUT2D eigenvalue weighted by Gasteiger charge is 2.23. The SMILES string of the molecule is Cn1cc2cc(-n3nc(NC[C@H]4CCC[C@H](N)C4)c(Cl)c3-c3ccc(C#N)c(F)c3)ccc2n1. The van der Waals surface area contributed by atoms with Gasteiger partial charge in [-0.15, -0.1) is 5.10 Å². The number of hydrogen-bond acceptors (Lipinski definition) is 5. The lowest BCUT2D eigenvalue weighted by atomic mass is 9.86. The molecule has 2 aromatic heterocycles. The predicted molar refractivity (Wildman–Crippen MR) is 131 cm³/mol. The third kappa shape index (κ3) is 4.25. The van der Waals surface area contributed by atoms with Crippen LogP contribution in [0.3, 0.4) is 0 Å². The fraction of sp³-hybridized carbons (Fsp3) is 0.320. The van der Waals surface area contributed by atoms with Gasteiger partial charge in [-0.25, -0.2) is 9.07 Å². The van der Waals surface area contributed by atoms with Crippen LogP contribution in [0.15, 0.2) is 42.6 Å². The van der Waals surface area contributed by atoms with E-state index in [9.17, 15) is 4.39 Å². The smallest absolute Gasteiger partial charge is 0.168 e. The molecule has 1 aliphatic carbocycles. The Bertz CT molecular complexity index is 1400. The number of fused-ring (bicyclic) bond motifs is 1. The molecule has 9 heteroatoms. The van der Waals surface area contributed by atoms with Gasteiger partial charge in [-0.2, -0.15) is 10.4 Å². The Balaban J connectivity index is 1.57. The van der Waals surface area contributed by atoms with Gasteiger partial charge in [0.1, 0.15) is 16.9 Å². The molecule has 2 aromatic carbocycles. The minimum atomic E-state index is -0.600. The third-order valence-electron chi connectivity index (χ3n) is 6.42. The van der Waals surface area contributed by atoms with E-state index in [2.05, 4.69) is 10.4 Å². The Hall–Kier alpha value is -3.41. The van der Waals surface area contributed by atoms with E-state index in [1.165, 1.54) is 12.1 Å². The third-order valence-corrected chi connectivity index (χ3v) is 6.78. The molecule has 0 spiro atoms. The number of hydrogen-bond donors (Lipinski definition) is 2. The highest BCUT2D eigenvalue weighted by molar-refractivity contribution is 6.35. The summed E-state index contributed by atoms with van der Waals surface area (Å²) in [5.74, 6) is 0.386. The quantitative estimate of drug-likeness (QED) is 0.420. The number of benzene rings is 2. The molecule has 0 unspecified atom stereocenters. The summed E-state index contributed by atoms with van der Waals surface area (Å²) in [7, 11) is 1.87. The maximum Gasteiger partial charge on any atom is 0.168 e. The number of nitriles is 1. The molecular formula is C25H25ClFN7. The molecule has 2 heterocycles.